The average Bonchev–Trinajstić information content (AvgIpc) is 2.26. The molecule has 3 N–H and O–H groups in total. The number of nitrogen functional groups attached to an aromatic ring is 1. The molecule has 1 aliphatic heterocycles. The third-order valence-electron chi connectivity index (χ3n) is 3.02. The fourth-order valence-electron chi connectivity index (χ4n) is 2.42. The van der Waals surface area contributed by atoms with E-state index in [1.165, 1.54) is 0 Å². The Morgan fingerprint density at radius 1 is 1.39 bits per heavy atom. The first-order valence-corrected chi connectivity index (χ1v) is 7.76. The number of benzene rings is 1. The topological polar surface area (TPSA) is 53.1 Å². The number of halogens is 1. The van der Waals surface area contributed by atoms with Crippen LogP contribution < -0.4 is 10.6 Å². The lowest BCUT2D eigenvalue weighted by Gasteiger charge is -2.37. The van der Waals surface area contributed by atoms with Crippen molar-refractivity contribution >= 4 is 39.2 Å². The van der Waals surface area contributed by atoms with Gasteiger partial charge < -0.3 is 10.6 Å². The van der Waals surface area contributed by atoms with Crippen molar-refractivity contribution < 1.29 is 0 Å². The molecule has 18 heavy (non-hydrogen) atoms. The molecule has 0 aromatic heterocycles. The third kappa shape index (κ3) is 2.83. The normalized spacial score (nSPS) is 24.1. The van der Waals surface area contributed by atoms with E-state index in [1.807, 2.05) is 23.9 Å². The third-order valence-corrected chi connectivity index (χ3v) is 4.91. The maximum atomic E-state index is 7.75. The van der Waals surface area contributed by atoms with Crippen molar-refractivity contribution in [3.05, 3.63) is 28.2 Å². The molecule has 0 bridgehead atoms. The highest BCUT2D eigenvalue weighted by molar-refractivity contribution is 9.10. The van der Waals surface area contributed by atoms with Crippen LogP contribution in [0.25, 0.3) is 0 Å². The van der Waals surface area contributed by atoms with Crippen molar-refractivity contribution in [3.8, 4) is 0 Å². The number of anilines is 1. The van der Waals surface area contributed by atoms with Crippen LogP contribution in [-0.4, -0.2) is 29.4 Å². The van der Waals surface area contributed by atoms with Crippen LogP contribution in [0.5, 0.6) is 0 Å². The van der Waals surface area contributed by atoms with Crippen molar-refractivity contribution in [1.82, 2.24) is 0 Å². The fourth-order valence-corrected chi connectivity index (χ4v) is 4.31. The standard InChI is InChI=1S/C13H18BrN3S/c1-8-6-17(7-9(2)18-8)11-5-3-4-10(14)12(11)13(15)16/h3-5,8-9H,6-7H2,1-2H3,(H3,15,16). The van der Waals surface area contributed by atoms with Crippen molar-refractivity contribution in [3.63, 3.8) is 0 Å². The quantitative estimate of drug-likeness (QED) is 0.648. The van der Waals surface area contributed by atoms with Gasteiger partial charge in [-0.25, -0.2) is 0 Å². The van der Waals surface area contributed by atoms with Crippen LogP contribution >= 0.6 is 27.7 Å². The minimum atomic E-state index is 0.121. The Kier molecular flexibility index (Phi) is 4.22. The molecule has 5 heteroatoms. The molecule has 2 atom stereocenters. The van der Waals surface area contributed by atoms with E-state index < -0.39 is 0 Å². The van der Waals surface area contributed by atoms with Gasteiger partial charge in [0.1, 0.15) is 5.84 Å². The molecular weight excluding hydrogens is 310 g/mol. The number of hydrogen-bond acceptors (Lipinski definition) is 3. The average molecular weight is 328 g/mol. The summed E-state index contributed by atoms with van der Waals surface area (Å²) >= 11 is 5.51. The molecule has 98 valence electrons. The lowest BCUT2D eigenvalue weighted by atomic mass is 10.1. The number of thioether (sulfide) groups is 1. The first-order valence-electron chi connectivity index (χ1n) is 6.02. The van der Waals surface area contributed by atoms with Crippen LogP contribution in [-0.2, 0) is 0 Å². The zero-order valence-electron chi connectivity index (χ0n) is 10.6. The van der Waals surface area contributed by atoms with E-state index in [2.05, 4.69) is 40.7 Å². The van der Waals surface area contributed by atoms with Gasteiger partial charge in [0, 0.05) is 33.7 Å². The molecule has 1 aromatic carbocycles. The first-order chi connectivity index (χ1) is 8.49. The fraction of sp³-hybridized carbons (Fsp3) is 0.462. The smallest absolute Gasteiger partial charge is 0.126 e. The Hall–Kier alpha value is -0.680. The summed E-state index contributed by atoms with van der Waals surface area (Å²) in [6.07, 6.45) is 0. The maximum absolute atomic E-state index is 7.75. The van der Waals surface area contributed by atoms with Crippen molar-refractivity contribution in [2.45, 2.75) is 24.3 Å². The van der Waals surface area contributed by atoms with E-state index in [0.29, 0.717) is 10.5 Å². The Labute approximate surface area is 121 Å². The maximum Gasteiger partial charge on any atom is 0.126 e. The Morgan fingerprint density at radius 2 is 2.00 bits per heavy atom. The van der Waals surface area contributed by atoms with Crippen LogP contribution in [0.2, 0.25) is 0 Å². The molecular formula is C13H18BrN3S. The molecule has 1 aromatic rings. The van der Waals surface area contributed by atoms with Gasteiger partial charge in [-0.2, -0.15) is 11.8 Å². The summed E-state index contributed by atoms with van der Waals surface area (Å²) in [5, 5.41) is 8.96. The molecule has 1 fully saturated rings. The molecule has 1 aliphatic rings. The zero-order valence-corrected chi connectivity index (χ0v) is 13.0. The van der Waals surface area contributed by atoms with Gasteiger partial charge in [-0.1, -0.05) is 19.9 Å². The van der Waals surface area contributed by atoms with Crippen LogP contribution in [0, 0.1) is 5.41 Å². The lowest BCUT2D eigenvalue weighted by molar-refractivity contribution is 0.727. The van der Waals surface area contributed by atoms with Crippen molar-refractivity contribution in [2.24, 2.45) is 5.73 Å². The van der Waals surface area contributed by atoms with Gasteiger partial charge in [-0.15, -0.1) is 0 Å². The number of amidine groups is 1. The Balaban J connectivity index is 2.38. The van der Waals surface area contributed by atoms with Crippen LogP contribution in [0.1, 0.15) is 19.4 Å². The summed E-state index contributed by atoms with van der Waals surface area (Å²) < 4.78 is 0.894. The molecule has 0 amide bonds. The number of nitrogens with zero attached hydrogens (tertiary/aromatic N) is 1. The number of nitrogens with two attached hydrogens (primary N) is 1. The van der Waals surface area contributed by atoms with E-state index in [9.17, 15) is 0 Å². The van der Waals surface area contributed by atoms with Gasteiger partial charge in [0.15, 0.2) is 0 Å². The van der Waals surface area contributed by atoms with Crippen molar-refractivity contribution in [1.29, 1.82) is 5.41 Å². The van der Waals surface area contributed by atoms with Gasteiger partial charge in [0.05, 0.1) is 5.56 Å². The molecule has 0 spiro atoms. The number of rotatable bonds is 2. The molecule has 2 rings (SSSR count). The van der Waals surface area contributed by atoms with Crippen LogP contribution in [0.4, 0.5) is 5.69 Å². The summed E-state index contributed by atoms with van der Waals surface area (Å²) in [5.41, 5.74) is 7.59. The number of hydrogen-bond donors (Lipinski definition) is 2. The highest BCUT2D eigenvalue weighted by Gasteiger charge is 2.25. The molecule has 1 heterocycles. The minimum absolute atomic E-state index is 0.121. The van der Waals surface area contributed by atoms with Gasteiger partial charge in [0.2, 0.25) is 0 Å². The SMILES string of the molecule is CC1CN(c2cccc(Br)c2C(=N)N)CC(C)S1. The van der Waals surface area contributed by atoms with Crippen LogP contribution in [0.15, 0.2) is 22.7 Å². The van der Waals surface area contributed by atoms with Gasteiger partial charge in [-0.3, -0.25) is 5.41 Å². The predicted molar refractivity (Wildman–Crippen MR) is 83.9 cm³/mol. The monoisotopic (exact) mass is 327 g/mol. The Bertz CT molecular complexity index is 454. The molecule has 0 aliphatic carbocycles. The second kappa shape index (κ2) is 5.53. The summed E-state index contributed by atoms with van der Waals surface area (Å²) in [6, 6.07) is 5.99. The summed E-state index contributed by atoms with van der Waals surface area (Å²) in [6.45, 7) is 6.51. The summed E-state index contributed by atoms with van der Waals surface area (Å²) in [7, 11) is 0. The second-order valence-electron chi connectivity index (χ2n) is 4.71. The first kappa shape index (κ1) is 13.7. The van der Waals surface area contributed by atoms with E-state index in [1.54, 1.807) is 0 Å². The second-order valence-corrected chi connectivity index (χ2v) is 7.45. The van der Waals surface area contributed by atoms with Crippen LogP contribution in [0.3, 0.4) is 0 Å². The van der Waals surface area contributed by atoms with E-state index in [-0.39, 0.29) is 5.84 Å². The van der Waals surface area contributed by atoms with Gasteiger partial charge in [0.25, 0.3) is 0 Å². The summed E-state index contributed by atoms with van der Waals surface area (Å²) in [5.74, 6) is 0.121. The van der Waals surface area contributed by atoms with Crippen molar-refractivity contribution in [2.75, 3.05) is 18.0 Å². The molecule has 1 saturated heterocycles. The Morgan fingerprint density at radius 3 is 2.56 bits per heavy atom. The largest absolute Gasteiger partial charge is 0.384 e. The molecule has 0 radical (unpaired) electrons. The molecule has 2 unspecified atom stereocenters. The summed E-state index contributed by atoms with van der Waals surface area (Å²) in [4.78, 5) is 2.34. The predicted octanol–water partition coefficient (Wildman–Crippen LogP) is 3.06. The van der Waals surface area contributed by atoms with Gasteiger partial charge in [-0.05, 0) is 28.1 Å². The highest BCUT2D eigenvalue weighted by Crippen LogP contribution is 2.33. The lowest BCUT2D eigenvalue weighted by Crippen LogP contribution is -2.41. The van der Waals surface area contributed by atoms with E-state index in [4.69, 9.17) is 11.1 Å². The number of nitrogens with one attached hydrogen (secondary N) is 1. The zero-order chi connectivity index (χ0) is 13.3. The molecule has 0 saturated carbocycles. The van der Waals surface area contributed by atoms with E-state index in [0.717, 1.165) is 28.8 Å². The highest BCUT2D eigenvalue weighted by atomic mass is 79.9. The minimum Gasteiger partial charge on any atom is -0.384 e. The molecule has 3 nitrogen and oxygen atoms in total. The van der Waals surface area contributed by atoms with E-state index >= 15 is 0 Å². The van der Waals surface area contributed by atoms with Gasteiger partial charge >= 0.3 is 0 Å².